The first kappa shape index (κ1) is 35.3. The largest absolute Gasteiger partial charge is 0.378 e. The molecule has 7 rings (SSSR count). The Morgan fingerprint density at radius 1 is 0.635 bits per heavy atom. The Hall–Kier alpha value is -5.13. The maximum Gasteiger partial charge on any atom is 0.270 e. The Labute approximate surface area is 303 Å². The predicted molar refractivity (Wildman–Crippen MR) is 199 cm³/mol. The van der Waals surface area contributed by atoms with Crippen molar-refractivity contribution in [1.29, 1.82) is 0 Å². The van der Waals surface area contributed by atoms with Crippen molar-refractivity contribution in [2.45, 2.75) is 45.4 Å². The Kier molecular flexibility index (Phi) is 10.6. The first-order valence-electron chi connectivity index (χ1n) is 18.2. The third-order valence-corrected chi connectivity index (χ3v) is 10.5. The highest BCUT2D eigenvalue weighted by Gasteiger charge is 2.31. The average molecular weight is 705 g/mol. The van der Waals surface area contributed by atoms with Crippen LogP contribution in [0.1, 0.15) is 56.6 Å². The summed E-state index contributed by atoms with van der Waals surface area (Å²) in [5.41, 5.74) is 10.1. The normalized spacial score (nSPS) is 24.6. The van der Waals surface area contributed by atoms with Crippen LogP contribution in [0.25, 0.3) is 12.2 Å². The van der Waals surface area contributed by atoms with E-state index in [4.69, 9.17) is 9.47 Å². The molecule has 2 saturated heterocycles. The number of hydrogen-bond acceptors (Lipinski definition) is 9. The second kappa shape index (κ2) is 15.6. The molecule has 0 bridgehead atoms. The van der Waals surface area contributed by atoms with Gasteiger partial charge >= 0.3 is 0 Å². The summed E-state index contributed by atoms with van der Waals surface area (Å²) in [6, 6.07) is 13.4. The van der Waals surface area contributed by atoms with Crippen molar-refractivity contribution in [2.75, 3.05) is 52.6 Å². The van der Waals surface area contributed by atoms with Crippen LogP contribution in [0.5, 0.6) is 0 Å². The highest BCUT2D eigenvalue weighted by molar-refractivity contribution is 6.09. The Balaban J connectivity index is 1.25. The molecule has 0 amide bonds. The van der Waals surface area contributed by atoms with Crippen LogP contribution in [-0.2, 0) is 14.3 Å². The van der Waals surface area contributed by atoms with Gasteiger partial charge < -0.3 is 19.3 Å². The zero-order valence-corrected chi connectivity index (χ0v) is 29.6. The summed E-state index contributed by atoms with van der Waals surface area (Å²) in [5.74, 6) is 0.380. The van der Waals surface area contributed by atoms with Gasteiger partial charge in [-0.25, -0.2) is 0 Å². The van der Waals surface area contributed by atoms with Gasteiger partial charge in [-0.3, -0.25) is 25.0 Å². The molecule has 11 nitrogen and oxygen atoms in total. The number of carbonyl (C=O) groups excluding carboxylic acids is 1. The van der Waals surface area contributed by atoms with Gasteiger partial charge in [0, 0.05) is 73.0 Å². The second-order valence-electron chi connectivity index (χ2n) is 14.2. The summed E-state index contributed by atoms with van der Waals surface area (Å²) >= 11 is 0. The first-order chi connectivity index (χ1) is 25.2. The number of Topliss-reactive ketones (excluding diaryl/α,β-unsaturated/α-hetero) is 1. The number of benzene rings is 2. The van der Waals surface area contributed by atoms with Crippen LogP contribution in [-0.4, -0.2) is 78.0 Å². The Bertz CT molecular complexity index is 1820. The molecule has 2 heterocycles. The molecule has 1 saturated carbocycles. The van der Waals surface area contributed by atoms with Gasteiger partial charge in [0.1, 0.15) is 0 Å². The molecule has 0 aromatic heterocycles. The van der Waals surface area contributed by atoms with Crippen molar-refractivity contribution >= 4 is 29.3 Å². The summed E-state index contributed by atoms with van der Waals surface area (Å²) in [6.45, 7) is 7.67. The third-order valence-electron chi connectivity index (χ3n) is 10.5. The van der Waals surface area contributed by atoms with Crippen molar-refractivity contribution in [3.63, 3.8) is 0 Å². The average Bonchev–Trinajstić information content (AvgIpc) is 3.73. The van der Waals surface area contributed by atoms with E-state index in [1.54, 1.807) is 24.3 Å². The van der Waals surface area contributed by atoms with E-state index in [1.807, 2.05) is 12.1 Å². The smallest absolute Gasteiger partial charge is 0.270 e. The van der Waals surface area contributed by atoms with Crippen molar-refractivity contribution in [3.05, 3.63) is 137 Å². The number of nitro benzene ring substituents is 2. The van der Waals surface area contributed by atoms with Gasteiger partial charge in [0.25, 0.3) is 11.4 Å². The first-order valence-corrected chi connectivity index (χ1v) is 18.2. The van der Waals surface area contributed by atoms with E-state index < -0.39 is 0 Å². The summed E-state index contributed by atoms with van der Waals surface area (Å²) in [7, 11) is 0. The molecule has 2 aromatic carbocycles. The summed E-state index contributed by atoms with van der Waals surface area (Å²) in [6.07, 6.45) is 12.9. The quantitative estimate of drug-likeness (QED) is 0.155. The van der Waals surface area contributed by atoms with Gasteiger partial charge in [-0.1, -0.05) is 31.2 Å². The summed E-state index contributed by atoms with van der Waals surface area (Å²) in [4.78, 5) is 41.2. The number of allylic oxidation sites excluding steroid dienone is 8. The molecule has 0 atom stereocenters. The number of carbonyl (C=O) groups is 1. The van der Waals surface area contributed by atoms with E-state index in [-0.39, 0.29) is 32.9 Å². The minimum atomic E-state index is -0.369. The molecule has 11 heteroatoms. The van der Waals surface area contributed by atoms with Gasteiger partial charge in [0.05, 0.1) is 36.3 Å². The highest BCUT2D eigenvalue weighted by Crippen LogP contribution is 2.41. The van der Waals surface area contributed by atoms with Crippen LogP contribution in [0.2, 0.25) is 0 Å². The lowest BCUT2D eigenvalue weighted by atomic mass is 9.80. The lowest BCUT2D eigenvalue weighted by Crippen LogP contribution is -2.36. The van der Waals surface area contributed by atoms with E-state index in [0.717, 1.165) is 108 Å². The molecule has 3 aliphatic carbocycles. The molecule has 2 aromatic rings. The molecule has 270 valence electrons. The number of ketones is 1. The molecule has 0 radical (unpaired) electrons. The van der Waals surface area contributed by atoms with Crippen LogP contribution >= 0.6 is 0 Å². The fourth-order valence-corrected chi connectivity index (χ4v) is 8.12. The Morgan fingerprint density at radius 3 is 1.46 bits per heavy atom. The van der Waals surface area contributed by atoms with E-state index in [0.29, 0.717) is 39.3 Å². The van der Waals surface area contributed by atoms with Crippen molar-refractivity contribution in [1.82, 2.24) is 9.80 Å². The number of ether oxygens (including phenoxy) is 2. The number of nitrogens with zero attached hydrogens (tertiary/aromatic N) is 4. The number of rotatable bonds is 8. The van der Waals surface area contributed by atoms with Gasteiger partial charge in [0.2, 0.25) is 0 Å². The molecular formula is C41H44N4O7. The zero-order chi connectivity index (χ0) is 36.2. The standard InChI is InChI=1S/C41H44N4O7/c1-28-20-35(26-33-10-8-31(39(33)42-12-16-51-17-13-42)22-29-4-2-6-37(24-29)44(47)48)41(46)36(21-28)27-34-11-9-32(40(34)43-14-18-52-19-15-43)23-30-5-3-7-38(25-30)45(49)50/h2-7,22-28H,8-21H2,1H3/b31-22-,32-23-,35-26-,36-27-. The molecule has 52 heavy (non-hydrogen) atoms. The van der Waals surface area contributed by atoms with E-state index in [1.165, 1.54) is 12.1 Å². The van der Waals surface area contributed by atoms with E-state index >= 15 is 0 Å². The van der Waals surface area contributed by atoms with Crippen LogP contribution in [0.4, 0.5) is 11.4 Å². The third kappa shape index (κ3) is 7.85. The maximum absolute atomic E-state index is 14.4. The number of nitro groups is 2. The lowest BCUT2D eigenvalue weighted by Gasteiger charge is -2.32. The van der Waals surface area contributed by atoms with Crippen molar-refractivity contribution in [2.24, 2.45) is 5.92 Å². The lowest BCUT2D eigenvalue weighted by molar-refractivity contribution is -0.385. The van der Waals surface area contributed by atoms with Gasteiger partial charge in [-0.15, -0.1) is 0 Å². The highest BCUT2D eigenvalue weighted by atomic mass is 16.6. The fourth-order valence-electron chi connectivity index (χ4n) is 8.12. The minimum absolute atomic E-state index is 0.0634. The maximum atomic E-state index is 14.4. The number of non-ortho nitro benzene ring substituents is 2. The van der Waals surface area contributed by atoms with Crippen molar-refractivity contribution < 1.29 is 24.1 Å². The van der Waals surface area contributed by atoms with Crippen LogP contribution in [0.15, 0.2) is 106 Å². The summed E-state index contributed by atoms with van der Waals surface area (Å²) < 4.78 is 11.4. The van der Waals surface area contributed by atoms with Crippen molar-refractivity contribution in [3.8, 4) is 0 Å². The molecule has 5 aliphatic rings. The molecule has 3 fully saturated rings. The molecule has 2 aliphatic heterocycles. The number of morpholine rings is 2. The predicted octanol–water partition coefficient (Wildman–Crippen LogP) is 7.58. The topological polar surface area (TPSA) is 128 Å². The van der Waals surface area contributed by atoms with Gasteiger partial charge in [-0.05, 0) is 102 Å². The summed E-state index contributed by atoms with van der Waals surface area (Å²) in [5, 5.41) is 22.9. The van der Waals surface area contributed by atoms with Crippen LogP contribution in [0, 0.1) is 26.1 Å². The molecule has 0 spiro atoms. The molecule has 0 unspecified atom stereocenters. The van der Waals surface area contributed by atoms with Gasteiger partial charge in [0.15, 0.2) is 5.78 Å². The molecular weight excluding hydrogens is 660 g/mol. The molecule has 0 N–H and O–H groups in total. The van der Waals surface area contributed by atoms with E-state index in [2.05, 4.69) is 41.0 Å². The van der Waals surface area contributed by atoms with Crippen LogP contribution < -0.4 is 0 Å². The van der Waals surface area contributed by atoms with Gasteiger partial charge in [-0.2, -0.15) is 0 Å². The zero-order valence-electron chi connectivity index (χ0n) is 29.6. The minimum Gasteiger partial charge on any atom is -0.378 e. The fraction of sp³-hybridized carbons (Fsp3) is 0.390. The Morgan fingerprint density at radius 2 is 1.06 bits per heavy atom. The van der Waals surface area contributed by atoms with Crippen LogP contribution in [0.3, 0.4) is 0 Å². The SMILES string of the molecule is CC1C/C(=C/C2=C(N3CCOCC3)C(=C\c3cccc([N+](=O)[O-])c3)/CC2)C(=O)/C(=C\C2=C(N3CCOCC3)C(=C\c3cccc([N+](=O)[O-])c3)/CC2)C1. The van der Waals surface area contributed by atoms with E-state index in [9.17, 15) is 25.0 Å². The second-order valence-corrected chi connectivity index (χ2v) is 14.2. The monoisotopic (exact) mass is 704 g/mol. The number of hydrogen-bond donors (Lipinski definition) is 0.